The third-order valence-electron chi connectivity index (χ3n) is 4.49. The summed E-state index contributed by atoms with van der Waals surface area (Å²) in [5.74, 6) is 0.181. The van der Waals surface area contributed by atoms with Gasteiger partial charge in [0.25, 0.3) is 0 Å². The number of likely N-dealkylation sites (N-methyl/N-ethyl adjacent to an activating group) is 1. The largest absolute Gasteiger partial charge is 0.435 e. The fraction of sp³-hybridized carbons (Fsp3) is 0.333. The Kier molecular flexibility index (Phi) is 5.23. The van der Waals surface area contributed by atoms with Crippen LogP contribution in [0.25, 0.3) is 0 Å². The summed E-state index contributed by atoms with van der Waals surface area (Å²) in [5, 5.41) is 0. The smallest absolute Gasteiger partial charge is 0.387 e. The van der Waals surface area contributed by atoms with Crippen LogP contribution in [0.3, 0.4) is 0 Å². The van der Waals surface area contributed by atoms with Crippen molar-refractivity contribution in [2.45, 2.75) is 25.7 Å². The number of nitrogens with one attached hydrogen (secondary N) is 1. The minimum absolute atomic E-state index is 0.0208. The maximum atomic E-state index is 13.2. The second-order valence-corrected chi connectivity index (χ2v) is 6.27. The second-order valence-electron chi connectivity index (χ2n) is 6.27. The van der Waals surface area contributed by atoms with E-state index in [1.807, 2.05) is 0 Å². The molecule has 0 radical (unpaired) electrons. The summed E-state index contributed by atoms with van der Waals surface area (Å²) in [6.07, 6.45) is 1.52. The highest BCUT2D eigenvalue weighted by Gasteiger charge is 2.55. The molecule has 0 saturated carbocycles. The number of guanidine groups is 1. The van der Waals surface area contributed by atoms with Crippen molar-refractivity contribution in [1.82, 2.24) is 14.9 Å². The highest BCUT2D eigenvalue weighted by molar-refractivity contribution is 6.03. The summed E-state index contributed by atoms with van der Waals surface area (Å²) in [7, 11) is 3.04. The lowest BCUT2D eigenvalue weighted by molar-refractivity contribution is -0.526. The van der Waals surface area contributed by atoms with Crippen molar-refractivity contribution in [3.8, 4) is 5.75 Å². The zero-order valence-electron chi connectivity index (χ0n) is 15.6. The number of rotatable bonds is 6. The number of carbonyl (C=O) groups excluding carboxylic acids is 1. The normalized spacial score (nSPS) is 19.3. The number of methoxy groups -OCH3 is 1. The van der Waals surface area contributed by atoms with Crippen LogP contribution in [0.5, 0.6) is 5.75 Å². The Morgan fingerprint density at radius 3 is 2.68 bits per heavy atom. The lowest BCUT2D eigenvalue weighted by atomic mass is 9.85. The molecule has 8 nitrogen and oxygen atoms in total. The van der Waals surface area contributed by atoms with Crippen LogP contribution in [-0.2, 0) is 21.7 Å². The molecule has 3 rings (SSSR count). The number of halogens is 2. The first-order valence-electron chi connectivity index (χ1n) is 8.35. The average Bonchev–Trinajstić information content (AvgIpc) is 2.88. The minimum atomic E-state index is -2.95. The topological polar surface area (TPSA) is 105 Å². The van der Waals surface area contributed by atoms with Crippen molar-refractivity contribution in [3.63, 3.8) is 0 Å². The number of aromatic nitrogens is 2. The van der Waals surface area contributed by atoms with Crippen LogP contribution in [0.4, 0.5) is 8.78 Å². The molecule has 0 fully saturated rings. The van der Waals surface area contributed by atoms with E-state index in [0.29, 0.717) is 22.6 Å². The van der Waals surface area contributed by atoms with Crippen LogP contribution in [0.15, 0.2) is 30.5 Å². The number of ether oxygens (including phenoxy) is 2. The van der Waals surface area contributed by atoms with Crippen LogP contribution in [0, 0.1) is 6.92 Å². The number of hydrogen-bond acceptors (Lipinski definition) is 6. The monoisotopic (exact) mass is 392 g/mol. The van der Waals surface area contributed by atoms with Crippen LogP contribution in [0.2, 0.25) is 0 Å². The molecule has 0 bridgehead atoms. The Morgan fingerprint density at radius 1 is 1.36 bits per heavy atom. The molecule has 28 heavy (non-hydrogen) atoms. The summed E-state index contributed by atoms with van der Waals surface area (Å²) in [6, 6.07) is 6.10. The van der Waals surface area contributed by atoms with Crippen molar-refractivity contribution in [2.24, 2.45) is 5.73 Å². The Morgan fingerprint density at radius 2 is 2.11 bits per heavy atom. The second kappa shape index (κ2) is 7.47. The number of hydrogen-bond donors (Lipinski definition) is 2. The predicted octanol–water partition coefficient (Wildman–Crippen LogP) is -0.356. The van der Waals surface area contributed by atoms with E-state index >= 15 is 0 Å². The van der Waals surface area contributed by atoms with E-state index in [9.17, 15) is 13.6 Å². The average molecular weight is 392 g/mol. The van der Waals surface area contributed by atoms with E-state index in [2.05, 4.69) is 19.7 Å². The number of aryl methyl sites for hydroxylation is 1. The van der Waals surface area contributed by atoms with E-state index in [1.54, 1.807) is 19.1 Å². The van der Waals surface area contributed by atoms with Gasteiger partial charge in [0, 0.05) is 18.9 Å². The molecule has 2 aromatic rings. The predicted molar refractivity (Wildman–Crippen MR) is 94.3 cm³/mol. The van der Waals surface area contributed by atoms with Crippen molar-refractivity contribution >= 4 is 11.9 Å². The van der Waals surface area contributed by atoms with Gasteiger partial charge in [-0.3, -0.25) is 15.5 Å². The Labute approximate surface area is 160 Å². The van der Waals surface area contributed by atoms with Crippen molar-refractivity contribution < 1.29 is 28.0 Å². The Hall–Kier alpha value is -3.14. The lowest BCUT2D eigenvalue weighted by Crippen LogP contribution is -2.85. The molecule has 0 aliphatic carbocycles. The molecule has 1 unspecified atom stereocenters. The van der Waals surface area contributed by atoms with Crippen LogP contribution >= 0.6 is 0 Å². The van der Waals surface area contributed by atoms with Gasteiger partial charge in [-0.15, -0.1) is 0 Å². The first-order chi connectivity index (χ1) is 13.3. The van der Waals surface area contributed by atoms with Gasteiger partial charge in [0.1, 0.15) is 18.1 Å². The molecule has 148 valence electrons. The van der Waals surface area contributed by atoms with Gasteiger partial charge in [0.2, 0.25) is 5.54 Å². The van der Waals surface area contributed by atoms with Gasteiger partial charge < -0.3 is 9.47 Å². The SMILES string of the molecule is COCc1nccc(C2(c3ccc(OC(F)F)c(C)c3)[NH+]=C(N)N(C)C2=O)n1. The zero-order valence-corrected chi connectivity index (χ0v) is 15.6. The van der Waals surface area contributed by atoms with Gasteiger partial charge in [-0.05, 0) is 30.7 Å². The quantitative estimate of drug-likeness (QED) is 0.696. The van der Waals surface area contributed by atoms with Crippen molar-refractivity contribution in [1.29, 1.82) is 0 Å². The molecule has 1 amide bonds. The molecule has 1 aromatic carbocycles. The van der Waals surface area contributed by atoms with Gasteiger partial charge >= 0.3 is 18.5 Å². The first kappa shape index (κ1) is 19.6. The molecule has 1 aromatic heterocycles. The molecule has 1 aliphatic rings. The van der Waals surface area contributed by atoms with Crippen LogP contribution < -0.4 is 15.5 Å². The number of alkyl halides is 2. The molecular weight excluding hydrogens is 372 g/mol. The summed E-state index contributed by atoms with van der Waals surface area (Å²) >= 11 is 0. The van der Waals surface area contributed by atoms with Crippen molar-refractivity contribution in [3.05, 3.63) is 53.1 Å². The first-order valence-corrected chi connectivity index (χ1v) is 8.35. The number of nitrogens with two attached hydrogens (primary N) is 1. The standard InChI is InChI=1S/C18H19F2N5O3/c1-10-8-11(4-5-12(10)28-16(19)20)18(15(26)25(2)17(21)24-18)13-6-7-22-14(23-13)9-27-3/h4-8,16H,9H2,1-3H3,(H2,21,24)/p+1. The van der Waals surface area contributed by atoms with Crippen molar-refractivity contribution in [2.75, 3.05) is 14.2 Å². The highest BCUT2D eigenvalue weighted by Crippen LogP contribution is 2.31. The number of benzene rings is 1. The van der Waals surface area contributed by atoms with Gasteiger partial charge in [-0.2, -0.15) is 8.78 Å². The molecular formula is C18H20F2N5O3+. The molecule has 2 heterocycles. The van der Waals surface area contributed by atoms with Gasteiger partial charge in [0.15, 0.2) is 5.82 Å². The van der Waals surface area contributed by atoms with E-state index in [1.165, 1.54) is 37.4 Å². The molecule has 1 atom stereocenters. The zero-order chi connectivity index (χ0) is 20.5. The Bertz CT molecular complexity index is 937. The van der Waals surface area contributed by atoms with Gasteiger partial charge in [-0.1, -0.05) is 6.07 Å². The number of carbonyl (C=O) groups is 1. The Balaban J connectivity index is 2.18. The molecule has 10 heteroatoms. The fourth-order valence-corrected chi connectivity index (χ4v) is 3.12. The summed E-state index contributed by atoms with van der Waals surface area (Å²) in [6.45, 7) is -1.17. The lowest BCUT2D eigenvalue weighted by Gasteiger charge is -2.23. The molecule has 1 aliphatic heterocycles. The summed E-state index contributed by atoms with van der Waals surface area (Å²) in [4.78, 5) is 26.1. The molecule has 0 saturated heterocycles. The summed E-state index contributed by atoms with van der Waals surface area (Å²) in [5.41, 5.74) is 5.81. The van der Waals surface area contributed by atoms with Gasteiger partial charge in [-0.25, -0.2) is 14.9 Å². The third kappa shape index (κ3) is 3.26. The third-order valence-corrected chi connectivity index (χ3v) is 4.49. The number of nitrogens with zero attached hydrogens (tertiary/aromatic N) is 3. The number of amides is 1. The van der Waals surface area contributed by atoms with Crippen LogP contribution in [-0.4, -0.2) is 47.5 Å². The fourth-order valence-electron chi connectivity index (χ4n) is 3.12. The molecule has 3 N–H and O–H groups in total. The summed E-state index contributed by atoms with van der Waals surface area (Å²) < 4.78 is 34.7. The maximum absolute atomic E-state index is 13.2. The maximum Gasteiger partial charge on any atom is 0.387 e. The molecule has 0 spiro atoms. The van der Waals surface area contributed by atoms with Crippen LogP contribution in [0.1, 0.15) is 22.6 Å². The van der Waals surface area contributed by atoms with E-state index < -0.39 is 12.2 Å². The highest BCUT2D eigenvalue weighted by atomic mass is 19.3. The minimum Gasteiger partial charge on any atom is -0.435 e. The van der Waals surface area contributed by atoms with Gasteiger partial charge in [0.05, 0.1) is 7.05 Å². The van der Waals surface area contributed by atoms with E-state index in [0.717, 1.165) is 0 Å². The van der Waals surface area contributed by atoms with E-state index in [-0.39, 0.29) is 24.2 Å². The van der Waals surface area contributed by atoms with E-state index in [4.69, 9.17) is 10.5 Å².